The van der Waals surface area contributed by atoms with Crippen molar-refractivity contribution in [2.75, 3.05) is 0 Å². The number of hydrogen-bond acceptors (Lipinski definition) is 3. The van der Waals surface area contributed by atoms with Crippen LogP contribution in [0.4, 0.5) is 0 Å². The summed E-state index contributed by atoms with van der Waals surface area (Å²) in [6.45, 7) is 5.75. The molecule has 1 amide bonds. The van der Waals surface area contributed by atoms with Crippen molar-refractivity contribution in [1.29, 1.82) is 0 Å². The van der Waals surface area contributed by atoms with Gasteiger partial charge in [0.2, 0.25) is 5.91 Å². The molecule has 0 spiro atoms. The number of rotatable bonds is 3. The molecule has 1 aliphatic rings. The van der Waals surface area contributed by atoms with Gasteiger partial charge in [0, 0.05) is 11.7 Å². The Balaban J connectivity index is 1.94. The van der Waals surface area contributed by atoms with Crippen LogP contribution in [0.1, 0.15) is 50.0 Å². The van der Waals surface area contributed by atoms with E-state index in [0.29, 0.717) is 0 Å². The maximum absolute atomic E-state index is 12.2. The smallest absolute Gasteiger partial charge is 0.244 e. The average Bonchev–Trinajstić information content (AvgIpc) is 2.70. The minimum absolute atomic E-state index is 0.00703. The molecular formula is C14H23N3O2. The molecule has 2 N–H and O–H groups in total. The van der Waals surface area contributed by atoms with Crippen LogP contribution in [0.3, 0.4) is 0 Å². The van der Waals surface area contributed by atoms with Gasteiger partial charge in [0.05, 0.1) is 11.8 Å². The largest absolute Gasteiger partial charge is 0.393 e. The number of aromatic nitrogens is 2. The third kappa shape index (κ3) is 3.35. The SMILES string of the molecule is Cc1cc(C)n([C@@H](C)C(=O)NC2CCC(O)CC2)n1. The van der Waals surface area contributed by atoms with Gasteiger partial charge in [0.1, 0.15) is 6.04 Å². The second-order valence-corrected chi connectivity index (χ2v) is 5.56. The molecule has 1 aromatic rings. The van der Waals surface area contributed by atoms with Gasteiger partial charge in [-0.05, 0) is 52.5 Å². The molecule has 1 fully saturated rings. The lowest BCUT2D eigenvalue weighted by Crippen LogP contribution is -2.41. The van der Waals surface area contributed by atoms with Gasteiger partial charge in [-0.15, -0.1) is 0 Å². The van der Waals surface area contributed by atoms with E-state index in [4.69, 9.17) is 0 Å². The van der Waals surface area contributed by atoms with E-state index >= 15 is 0 Å². The Bertz CT molecular complexity index is 448. The molecule has 0 unspecified atom stereocenters. The van der Waals surface area contributed by atoms with E-state index in [0.717, 1.165) is 37.1 Å². The van der Waals surface area contributed by atoms with E-state index in [9.17, 15) is 9.90 Å². The predicted octanol–water partition coefficient (Wildman–Crippen LogP) is 1.48. The van der Waals surface area contributed by atoms with Crippen LogP contribution in [0.5, 0.6) is 0 Å². The van der Waals surface area contributed by atoms with Gasteiger partial charge < -0.3 is 10.4 Å². The quantitative estimate of drug-likeness (QED) is 0.870. The second kappa shape index (κ2) is 5.74. The third-order valence-electron chi connectivity index (χ3n) is 3.83. The summed E-state index contributed by atoms with van der Waals surface area (Å²) in [6, 6.07) is 1.87. The molecule has 106 valence electrons. The Morgan fingerprint density at radius 2 is 2.05 bits per heavy atom. The number of aliphatic hydroxyl groups excluding tert-OH is 1. The molecule has 2 rings (SSSR count). The van der Waals surface area contributed by atoms with Gasteiger partial charge in [-0.25, -0.2) is 0 Å². The highest BCUT2D eigenvalue weighted by Gasteiger charge is 2.24. The Hall–Kier alpha value is -1.36. The first-order valence-electron chi connectivity index (χ1n) is 6.98. The monoisotopic (exact) mass is 265 g/mol. The van der Waals surface area contributed by atoms with Gasteiger partial charge in [0.25, 0.3) is 0 Å². The highest BCUT2D eigenvalue weighted by molar-refractivity contribution is 5.80. The van der Waals surface area contributed by atoms with Crippen molar-refractivity contribution >= 4 is 5.91 Å². The van der Waals surface area contributed by atoms with Crippen LogP contribution in [0.25, 0.3) is 0 Å². The molecule has 1 atom stereocenters. The van der Waals surface area contributed by atoms with Crippen LogP contribution in [-0.2, 0) is 4.79 Å². The highest BCUT2D eigenvalue weighted by atomic mass is 16.3. The molecule has 5 heteroatoms. The zero-order valence-corrected chi connectivity index (χ0v) is 11.9. The fourth-order valence-electron chi connectivity index (χ4n) is 2.69. The average molecular weight is 265 g/mol. The first-order valence-corrected chi connectivity index (χ1v) is 6.98. The molecule has 1 heterocycles. The lowest BCUT2D eigenvalue weighted by atomic mass is 9.93. The highest BCUT2D eigenvalue weighted by Crippen LogP contribution is 2.19. The third-order valence-corrected chi connectivity index (χ3v) is 3.83. The number of amides is 1. The summed E-state index contributed by atoms with van der Waals surface area (Å²) in [5, 5.41) is 16.9. The number of carbonyl (C=O) groups is 1. The zero-order chi connectivity index (χ0) is 14.0. The van der Waals surface area contributed by atoms with E-state index < -0.39 is 0 Å². The molecule has 5 nitrogen and oxygen atoms in total. The number of nitrogens with zero attached hydrogens (tertiary/aromatic N) is 2. The number of nitrogens with one attached hydrogen (secondary N) is 1. The van der Waals surface area contributed by atoms with Crippen molar-refractivity contribution in [2.45, 2.75) is 64.6 Å². The Morgan fingerprint density at radius 3 is 2.58 bits per heavy atom. The fraction of sp³-hybridized carbons (Fsp3) is 0.714. The van der Waals surface area contributed by atoms with Crippen LogP contribution < -0.4 is 5.32 Å². The molecule has 0 aliphatic heterocycles. The molecule has 0 aromatic carbocycles. The maximum Gasteiger partial charge on any atom is 0.244 e. The summed E-state index contributed by atoms with van der Waals surface area (Å²) in [7, 11) is 0. The summed E-state index contributed by atoms with van der Waals surface area (Å²) in [5.74, 6) is 0.00703. The molecule has 19 heavy (non-hydrogen) atoms. The molecule has 1 saturated carbocycles. The van der Waals surface area contributed by atoms with Crippen LogP contribution >= 0.6 is 0 Å². The molecule has 1 aliphatic carbocycles. The first-order chi connectivity index (χ1) is 8.97. The van der Waals surface area contributed by atoms with E-state index in [1.165, 1.54) is 0 Å². The number of carbonyl (C=O) groups excluding carboxylic acids is 1. The summed E-state index contributed by atoms with van der Waals surface area (Å²) in [4.78, 5) is 12.2. The normalized spacial score (nSPS) is 25.1. The zero-order valence-electron chi connectivity index (χ0n) is 11.9. The second-order valence-electron chi connectivity index (χ2n) is 5.56. The van der Waals surface area contributed by atoms with Crippen molar-refractivity contribution in [3.8, 4) is 0 Å². The van der Waals surface area contributed by atoms with E-state index in [1.807, 2.05) is 26.8 Å². The molecule has 0 bridgehead atoms. The van der Waals surface area contributed by atoms with Gasteiger partial charge in [0.15, 0.2) is 0 Å². The van der Waals surface area contributed by atoms with Gasteiger partial charge in [-0.2, -0.15) is 5.10 Å². The predicted molar refractivity (Wildman–Crippen MR) is 72.8 cm³/mol. The molecule has 0 saturated heterocycles. The minimum atomic E-state index is -0.291. The number of hydrogen-bond donors (Lipinski definition) is 2. The van der Waals surface area contributed by atoms with E-state index in [2.05, 4.69) is 10.4 Å². The maximum atomic E-state index is 12.2. The topological polar surface area (TPSA) is 67.2 Å². The molecular weight excluding hydrogens is 242 g/mol. The van der Waals surface area contributed by atoms with Crippen molar-refractivity contribution in [1.82, 2.24) is 15.1 Å². The Morgan fingerprint density at radius 1 is 1.42 bits per heavy atom. The number of aliphatic hydroxyl groups is 1. The Kier molecular flexibility index (Phi) is 4.24. The first kappa shape index (κ1) is 14.1. The van der Waals surface area contributed by atoms with E-state index in [-0.39, 0.29) is 24.1 Å². The fourth-order valence-corrected chi connectivity index (χ4v) is 2.69. The van der Waals surface area contributed by atoms with Gasteiger partial charge >= 0.3 is 0 Å². The van der Waals surface area contributed by atoms with Gasteiger partial charge in [-0.3, -0.25) is 9.48 Å². The van der Waals surface area contributed by atoms with Crippen molar-refractivity contribution < 1.29 is 9.90 Å². The van der Waals surface area contributed by atoms with Crippen LogP contribution in [0.2, 0.25) is 0 Å². The number of aryl methyl sites for hydroxylation is 2. The van der Waals surface area contributed by atoms with E-state index in [1.54, 1.807) is 4.68 Å². The summed E-state index contributed by atoms with van der Waals surface area (Å²) in [6.07, 6.45) is 3.08. The lowest BCUT2D eigenvalue weighted by Gasteiger charge is -2.27. The summed E-state index contributed by atoms with van der Waals surface area (Å²) < 4.78 is 1.77. The Labute approximate surface area is 114 Å². The lowest BCUT2D eigenvalue weighted by molar-refractivity contribution is -0.125. The van der Waals surface area contributed by atoms with Crippen LogP contribution in [0, 0.1) is 13.8 Å². The van der Waals surface area contributed by atoms with Gasteiger partial charge in [-0.1, -0.05) is 0 Å². The standard InChI is InChI=1S/C14H23N3O2/c1-9-8-10(2)17(16-9)11(3)14(19)15-12-4-6-13(18)7-5-12/h8,11-13,18H,4-7H2,1-3H3,(H,15,19)/t11-,12?,13?/m0/s1. The van der Waals surface area contributed by atoms with Crippen LogP contribution in [-0.4, -0.2) is 32.9 Å². The summed E-state index contributed by atoms with van der Waals surface area (Å²) >= 11 is 0. The van der Waals surface area contributed by atoms with Crippen LogP contribution in [0.15, 0.2) is 6.07 Å². The molecule has 0 radical (unpaired) electrons. The summed E-state index contributed by atoms with van der Waals surface area (Å²) in [5.41, 5.74) is 1.93. The minimum Gasteiger partial charge on any atom is -0.393 e. The molecule has 1 aromatic heterocycles. The van der Waals surface area contributed by atoms with Crippen molar-refractivity contribution in [3.63, 3.8) is 0 Å². The van der Waals surface area contributed by atoms with Crippen molar-refractivity contribution in [2.24, 2.45) is 0 Å². The van der Waals surface area contributed by atoms with Crippen molar-refractivity contribution in [3.05, 3.63) is 17.5 Å².